The normalized spacial score (nSPS) is 22.2. The third-order valence-corrected chi connectivity index (χ3v) is 5.82. The summed E-state index contributed by atoms with van der Waals surface area (Å²) in [6.07, 6.45) is 5.05. The van der Waals surface area contributed by atoms with Gasteiger partial charge in [-0.15, -0.1) is 0 Å². The van der Waals surface area contributed by atoms with Gasteiger partial charge in [0.1, 0.15) is 6.04 Å². The molecule has 3 atom stereocenters. The van der Waals surface area contributed by atoms with Crippen LogP contribution in [0.1, 0.15) is 33.1 Å². The lowest BCUT2D eigenvalue weighted by Crippen LogP contribution is -2.47. The number of esters is 1. The molecule has 9 heteroatoms. The van der Waals surface area contributed by atoms with Gasteiger partial charge in [-0.05, 0) is 37.3 Å². The molecule has 0 radical (unpaired) electrons. The summed E-state index contributed by atoms with van der Waals surface area (Å²) in [6.45, 7) is 3.37. The van der Waals surface area contributed by atoms with Gasteiger partial charge in [0.2, 0.25) is 18.6 Å². The van der Waals surface area contributed by atoms with E-state index in [2.05, 4.69) is 5.32 Å². The van der Waals surface area contributed by atoms with Crippen LogP contribution in [0.15, 0.2) is 30.4 Å². The van der Waals surface area contributed by atoms with Crippen LogP contribution in [0.25, 0.3) is 0 Å². The molecule has 0 aromatic heterocycles. The third-order valence-electron chi connectivity index (χ3n) is 5.82. The molecule has 3 aliphatic rings. The number of carbonyl (C=O) groups excluding carboxylic acids is 4. The van der Waals surface area contributed by atoms with E-state index in [-0.39, 0.29) is 30.9 Å². The zero-order valence-corrected chi connectivity index (χ0v) is 18.0. The van der Waals surface area contributed by atoms with Crippen molar-refractivity contribution in [2.45, 2.75) is 39.2 Å². The van der Waals surface area contributed by atoms with E-state index in [9.17, 15) is 19.2 Å². The van der Waals surface area contributed by atoms with E-state index in [0.29, 0.717) is 30.0 Å². The van der Waals surface area contributed by atoms with Crippen LogP contribution in [-0.4, -0.2) is 48.0 Å². The fourth-order valence-electron chi connectivity index (χ4n) is 4.29. The van der Waals surface area contributed by atoms with Gasteiger partial charge in [0.15, 0.2) is 18.1 Å². The van der Waals surface area contributed by atoms with E-state index in [4.69, 9.17) is 14.2 Å². The van der Waals surface area contributed by atoms with Crippen molar-refractivity contribution in [2.75, 3.05) is 18.7 Å². The highest BCUT2D eigenvalue weighted by Gasteiger charge is 2.51. The monoisotopic (exact) mass is 442 g/mol. The highest BCUT2D eigenvalue weighted by atomic mass is 16.7. The van der Waals surface area contributed by atoms with Gasteiger partial charge in [0, 0.05) is 11.8 Å². The smallest absolute Gasteiger partial charge is 0.329 e. The molecule has 2 heterocycles. The van der Waals surface area contributed by atoms with Gasteiger partial charge in [0.25, 0.3) is 5.91 Å². The molecule has 0 spiro atoms. The number of likely N-dealkylation sites (tertiary alicyclic amines) is 1. The predicted molar refractivity (Wildman–Crippen MR) is 113 cm³/mol. The number of allylic oxidation sites excluding steroid dienone is 2. The van der Waals surface area contributed by atoms with Crippen molar-refractivity contribution in [3.05, 3.63) is 30.4 Å². The summed E-state index contributed by atoms with van der Waals surface area (Å²) < 4.78 is 15.7. The minimum absolute atomic E-state index is 0.0383. The van der Waals surface area contributed by atoms with Crippen LogP contribution in [0.3, 0.4) is 0 Å². The lowest BCUT2D eigenvalue weighted by Gasteiger charge is -2.26. The molecule has 0 bridgehead atoms. The van der Waals surface area contributed by atoms with Crippen LogP contribution in [0.5, 0.6) is 11.5 Å². The molecule has 1 N–H and O–H groups in total. The van der Waals surface area contributed by atoms with Gasteiger partial charge in [-0.2, -0.15) is 0 Å². The number of nitrogens with zero attached hydrogens (tertiary/aromatic N) is 1. The van der Waals surface area contributed by atoms with Crippen molar-refractivity contribution in [1.29, 1.82) is 0 Å². The number of benzene rings is 1. The second-order valence-corrected chi connectivity index (χ2v) is 8.57. The summed E-state index contributed by atoms with van der Waals surface area (Å²) >= 11 is 0. The van der Waals surface area contributed by atoms with Gasteiger partial charge in [0.05, 0.1) is 11.8 Å². The van der Waals surface area contributed by atoms with E-state index in [0.717, 1.165) is 4.90 Å². The first kappa shape index (κ1) is 21.9. The van der Waals surface area contributed by atoms with Crippen LogP contribution in [0.2, 0.25) is 0 Å². The number of rotatable bonds is 7. The first-order valence-electron chi connectivity index (χ1n) is 10.7. The molecule has 2 aliphatic heterocycles. The first-order valence-corrected chi connectivity index (χ1v) is 10.7. The Morgan fingerprint density at radius 2 is 1.75 bits per heavy atom. The number of carbonyl (C=O) groups is 4. The molecular formula is C23H26N2O7. The standard InChI is InChI=1S/C23H26N2O7/c1-13(2)9-17(25-21(27)15-5-3-4-6-16(15)22(25)28)23(29)30-11-20(26)24-14-7-8-18-19(10-14)32-12-31-18/h3-4,7-8,10,13,15-17H,5-6,9,11-12H2,1-2H3,(H,24,26). The Labute approximate surface area is 185 Å². The van der Waals surface area contributed by atoms with Crippen LogP contribution in [0.4, 0.5) is 5.69 Å². The Hall–Kier alpha value is -3.36. The van der Waals surface area contributed by atoms with Crippen molar-refractivity contribution in [2.24, 2.45) is 17.8 Å². The van der Waals surface area contributed by atoms with Crippen LogP contribution in [-0.2, 0) is 23.9 Å². The molecule has 3 amide bonds. The number of imide groups is 1. The Bertz CT molecular complexity index is 945. The van der Waals surface area contributed by atoms with Crippen molar-refractivity contribution in [3.63, 3.8) is 0 Å². The minimum Gasteiger partial charge on any atom is -0.454 e. The van der Waals surface area contributed by atoms with Crippen molar-refractivity contribution < 1.29 is 33.4 Å². The lowest BCUT2D eigenvalue weighted by atomic mass is 9.85. The topological polar surface area (TPSA) is 111 Å². The summed E-state index contributed by atoms with van der Waals surface area (Å²) in [7, 11) is 0. The number of ether oxygens (including phenoxy) is 3. The summed E-state index contributed by atoms with van der Waals surface area (Å²) in [5, 5.41) is 2.63. The largest absolute Gasteiger partial charge is 0.454 e. The summed E-state index contributed by atoms with van der Waals surface area (Å²) in [5.74, 6) is -1.69. The first-order chi connectivity index (χ1) is 15.3. The van der Waals surface area contributed by atoms with E-state index >= 15 is 0 Å². The Kier molecular flexibility index (Phi) is 6.16. The fraction of sp³-hybridized carbons (Fsp3) is 0.478. The van der Waals surface area contributed by atoms with Crippen molar-refractivity contribution in [1.82, 2.24) is 4.90 Å². The summed E-state index contributed by atoms with van der Waals surface area (Å²) in [4.78, 5) is 52.1. The van der Waals surface area contributed by atoms with Gasteiger partial charge in [-0.3, -0.25) is 19.3 Å². The van der Waals surface area contributed by atoms with Gasteiger partial charge >= 0.3 is 5.97 Å². The van der Waals surface area contributed by atoms with Gasteiger partial charge < -0.3 is 19.5 Å². The Morgan fingerprint density at radius 1 is 1.09 bits per heavy atom. The van der Waals surface area contributed by atoms with E-state index in [1.807, 2.05) is 26.0 Å². The quantitative estimate of drug-likeness (QED) is 0.392. The third kappa shape index (κ3) is 4.32. The Morgan fingerprint density at radius 3 is 2.41 bits per heavy atom. The molecule has 9 nitrogen and oxygen atoms in total. The van der Waals surface area contributed by atoms with E-state index < -0.39 is 36.4 Å². The fourth-order valence-corrected chi connectivity index (χ4v) is 4.29. The summed E-state index contributed by atoms with van der Waals surface area (Å²) in [5.41, 5.74) is 0.468. The molecule has 1 aromatic rings. The van der Waals surface area contributed by atoms with E-state index in [1.165, 1.54) is 0 Å². The van der Waals surface area contributed by atoms with E-state index in [1.54, 1.807) is 18.2 Å². The molecule has 1 aromatic carbocycles. The maximum absolute atomic E-state index is 12.9. The minimum atomic E-state index is -1.04. The number of anilines is 1. The number of amides is 3. The highest BCUT2D eigenvalue weighted by molar-refractivity contribution is 6.08. The average Bonchev–Trinajstić information content (AvgIpc) is 3.33. The second kappa shape index (κ2) is 9.02. The zero-order valence-electron chi connectivity index (χ0n) is 18.0. The molecule has 32 heavy (non-hydrogen) atoms. The van der Waals surface area contributed by atoms with Crippen LogP contribution >= 0.6 is 0 Å². The lowest BCUT2D eigenvalue weighted by molar-refractivity contribution is -0.160. The molecule has 4 rings (SSSR count). The number of hydrogen-bond donors (Lipinski definition) is 1. The predicted octanol–water partition coefficient (Wildman–Crippen LogP) is 2.26. The van der Waals surface area contributed by atoms with Gasteiger partial charge in [-0.1, -0.05) is 26.0 Å². The Balaban J connectivity index is 1.39. The number of hydrogen-bond acceptors (Lipinski definition) is 7. The number of nitrogens with one attached hydrogen (secondary N) is 1. The number of fused-ring (bicyclic) bond motifs is 2. The van der Waals surface area contributed by atoms with Crippen LogP contribution < -0.4 is 14.8 Å². The maximum Gasteiger partial charge on any atom is 0.329 e. The zero-order chi connectivity index (χ0) is 22.8. The molecule has 1 aliphatic carbocycles. The summed E-state index contributed by atoms with van der Waals surface area (Å²) in [6, 6.07) is 3.88. The molecule has 170 valence electrons. The SMILES string of the molecule is CC(C)CC(C(=O)OCC(=O)Nc1ccc2c(c1)OCO2)N1C(=O)C2CC=CCC2C1=O. The molecule has 3 unspecified atom stereocenters. The van der Waals surface area contributed by atoms with Gasteiger partial charge in [-0.25, -0.2) is 4.79 Å². The van der Waals surface area contributed by atoms with Crippen LogP contribution in [0, 0.1) is 17.8 Å². The molecule has 1 fully saturated rings. The second-order valence-electron chi connectivity index (χ2n) is 8.57. The maximum atomic E-state index is 12.9. The molecule has 1 saturated heterocycles. The average molecular weight is 442 g/mol. The molecular weight excluding hydrogens is 416 g/mol. The highest BCUT2D eigenvalue weighted by Crippen LogP contribution is 2.37. The molecule has 0 saturated carbocycles. The van der Waals surface area contributed by atoms with Crippen molar-refractivity contribution in [3.8, 4) is 11.5 Å². The van der Waals surface area contributed by atoms with Crippen molar-refractivity contribution >= 4 is 29.4 Å².